The Hall–Kier alpha value is -1.27. The zero-order valence-electron chi connectivity index (χ0n) is 16.0. The third-order valence-electron chi connectivity index (χ3n) is 5.34. The van der Waals surface area contributed by atoms with Gasteiger partial charge in [0.1, 0.15) is 13.2 Å². The summed E-state index contributed by atoms with van der Waals surface area (Å²) in [5.74, 6) is -56.2. The van der Waals surface area contributed by atoms with Gasteiger partial charge < -0.3 is 4.74 Å². The lowest BCUT2D eigenvalue weighted by molar-refractivity contribution is -0.938. The Kier molecular flexibility index (Phi) is 6.87. The number of ether oxygens (including phenoxy) is 1. The second-order valence-corrected chi connectivity index (χ2v) is 7.48. The Balaban J connectivity index is 3.63. The molecule has 1 aliphatic rings. The minimum atomic E-state index is -8.61. The van der Waals surface area contributed by atoms with Crippen molar-refractivity contribution in [2.24, 2.45) is 0 Å². The molecule has 0 N–H and O–H groups in total. The summed E-state index contributed by atoms with van der Waals surface area (Å²) in [7, 11) is 0.657. The van der Waals surface area contributed by atoms with E-state index in [1.165, 1.54) is 0 Å². The van der Waals surface area contributed by atoms with Gasteiger partial charge in [0.05, 0.1) is 7.05 Å². The summed E-state index contributed by atoms with van der Waals surface area (Å²) in [5.41, 5.74) is 0. The molecule has 1 heterocycles. The molecule has 0 aliphatic carbocycles. The number of quaternary nitrogens is 1. The highest BCUT2D eigenvalue weighted by Crippen LogP contribution is 2.64. The number of alkyl halides is 17. The molecule has 2 unspecified atom stereocenters. The predicted octanol–water partition coefficient (Wildman–Crippen LogP) is 5.82. The van der Waals surface area contributed by atoms with Gasteiger partial charge in [-0.15, -0.1) is 0 Å². The number of likely N-dealkylation sites (N-methyl/N-ethyl adjacent to an activating group) is 1. The molecule has 0 saturated carbocycles. The van der Waals surface area contributed by atoms with Gasteiger partial charge in [-0.1, -0.05) is 0 Å². The van der Waals surface area contributed by atoms with Crippen LogP contribution in [0.25, 0.3) is 0 Å². The molecule has 1 rings (SSSR count). The first-order valence-corrected chi connectivity index (χ1v) is 8.24. The van der Waals surface area contributed by atoms with E-state index >= 15 is 0 Å². The summed E-state index contributed by atoms with van der Waals surface area (Å²) >= 11 is 0. The van der Waals surface area contributed by atoms with Crippen LogP contribution in [0.3, 0.4) is 0 Å². The number of rotatable bonds is 8. The summed E-state index contributed by atoms with van der Waals surface area (Å²) in [6.07, 6.45) is -7.76. The van der Waals surface area contributed by atoms with Crippen molar-refractivity contribution in [3.8, 4) is 0 Å². The van der Waals surface area contributed by atoms with Crippen molar-refractivity contribution in [3.05, 3.63) is 0 Å². The number of nitrogens with zero attached hydrogens (tertiary/aromatic N) is 1. The van der Waals surface area contributed by atoms with E-state index in [-0.39, 0.29) is 6.92 Å². The van der Waals surface area contributed by atoms with Gasteiger partial charge in [0.15, 0.2) is 12.8 Å². The van der Waals surface area contributed by atoms with Gasteiger partial charge in [-0.25, -0.2) is 0 Å². The van der Waals surface area contributed by atoms with Crippen molar-refractivity contribution in [2.45, 2.75) is 60.6 Å². The highest BCUT2D eigenvalue weighted by molar-refractivity contribution is 5.15. The summed E-state index contributed by atoms with van der Waals surface area (Å²) in [6, 6.07) is -3.15. The largest absolute Gasteiger partial charge is 0.460 e. The monoisotopic (exact) mass is 534 g/mol. The van der Waals surface area contributed by atoms with E-state index in [9.17, 15) is 74.6 Å². The van der Waals surface area contributed by atoms with E-state index in [1.807, 2.05) is 0 Å². The summed E-state index contributed by atoms with van der Waals surface area (Å²) < 4.78 is 229. The van der Waals surface area contributed by atoms with Crippen molar-refractivity contribution >= 4 is 0 Å². The van der Waals surface area contributed by atoms with Gasteiger partial charge >= 0.3 is 47.6 Å². The molecule has 0 radical (unpaired) electrons. The molecule has 33 heavy (non-hydrogen) atoms. The Labute approximate surface area is 172 Å². The maximum absolute atomic E-state index is 14.2. The molecule has 0 aromatic carbocycles. The average Bonchev–Trinajstić information content (AvgIpc) is 3.06. The van der Waals surface area contributed by atoms with Crippen LogP contribution >= 0.6 is 0 Å². The van der Waals surface area contributed by atoms with Crippen LogP contribution in [0.2, 0.25) is 0 Å². The van der Waals surface area contributed by atoms with E-state index in [0.717, 1.165) is 0 Å². The van der Waals surface area contributed by atoms with E-state index in [0.29, 0.717) is 7.05 Å². The van der Waals surface area contributed by atoms with Crippen molar-refractivity contribution in [3.63, 3.8) is 0 Å². The lowest BCUT2D eigenvalue weighted by Crippen LogP contribution is -2.76. The Bertz CT molecular complexity index is 722. The smallest absolute Gasteiger partial charge is 0.326 e. The normalized spacial score (nSPS) is 23.7. The quantitative estimate of drug-likeness (QED) is 0.282. The van der Waals surface area contributed by atoms with Crippen LogP contribution in [0, 0.1) is 0 Å². The van der Waals surface area contributed by atoms with Crippen molar-refractivity contribution in [1.82, 2.24) is 0 Å². The Morgan fingerprint density at radius 3 is 1.21 bits per heavy atom. The van der Waals surface area contributed by atoms with E-state index < -0.39 is 78.0 Å². The van der Waals surface area contributed by atoms with Gasteiger partial charge in [0.2, 0.25) is 0 Å². The predicted molar refractivity (Wildman–Crippen MR) is 72.0 cm³/mol. The molecule has 2 nitrogen and oxygen atoms in total. The maximum Gasteiger partial charge on any atom is 0.460 e. The number of hydrogen-bond acceptors (Lipinski definition) is 1. The summed E-state index contributed by atoms with van der Waals surface area (Å²) in [5, 5.41) is 0. The molecular weight excluding hydrogens is 521 g/mol. The molecular formula is C14H13F17NO+. The minimum absolute atomic E-state index is 0.0569. The molecule has 0 amide bonds. The lowest BCUT2D eigenvalue weighted by Gasteiger charge is -2.45. The molecule has 2 atom stereocenters. The first kappa shape index (κ1) is 29.8. The van der Waals surface area contributed by atoms with Gasteiger partial charge in [-0.3, -0.25) is 4.48 Å². The lowest BCUT2D eigenvalue weighted by atomic mass is 9.87. The second kappa shape index (κ2) is 7.61. The van der Waals surface area contributed by atoms with Gasteiger partial charge in [-0.05, 0) is 6.92 Å². The van der Waals surface area contributed by atoms with Crippen LogP contribution in [-0.2, 0) is 4.74 Å². The zero-order valence-corrected chi connectivity index (χ0v) is 16.0. The molecule has 0 aromatic heterocycles. The first-order chi connectivity index (χ1) is 14.1. The fourth-order valence-corrected chi connectivity index (χ4v) is 2.75. The topological polar surface area (TPSA) is 9.23 Å². The molecule has 0 spiro atoms. The molecule has 0 bridgehead atoms. The SMILES string of the molecule is CC(C(F)(F)C(F)(F)C(F)(F)C(F)(F)C(F)(F)C(F)(F)C(F)(F)C(F)(F)F)[N+]1(C)CCOC1. The molecule has 198 valence electrons. The average molecular weight is 534 g/mol. The Morgan fingerprint density at radius 2 is 0.909 bits per heavy atom. The van der Waals surface area contributed by atoms with E-state index in [4.69, 9.17) is 0 Å². The number of hydrogen-bond donors (Lipinski definition) is 0. The minimum Gasteiger partial charge on any atom is -0.326 e. The van der Waals surface area contributed by atoms with Gasteiger partial charge in [-0.2, -0.15) is 74.6 Å². The fraction of sp³-hybridized carbons (Fsp3) is 1.00. The standard InChI is InChI=1S/C14H13F17NO/c1-6(32(2)3-4-33-5-32)7(15,16)8(17,18)9(19,20)10(21,22)11(23,24)12(25,26)13(27,28)14(29,30)31/h6H,3-5H2,1-2H3/q+1. The van der Waals surface area contributed by atoms with Crippen molar-refractivity contribution in [1.29, 1.82) is 0 Å². The van der Waals surface area contributed by atoms with Crippen LogP contribution in [-0.4, -0.2) is 85.1 Å². The van der Waals surface area contributed by atoms with E-state index in [2.05, 4.69) is 4.74 Å². The van der Waals surface area contributed by atoms with E-state index in [1.54, 1.807) is 0 Å². The van der Waals surface area contributed by atoms with Crippen LogP contribution in [0.4, 0.5) is 74.6 Å². The Morgan fingerprint density at radius 1 is 0.576 bits per heavy atom. The first-order valence-electron chi connectivity index (χ1n) is 8.24. The molecule has 0 aromatic rings. The molecule has 1 saturated heterocycles. The second-order valence-electron chi connectivity index (χ2n) is 7.48. The highest BCUT2D eigenvalue weighted by Gasteiger charge is 2.95. The third kappa shape index (κ3) is 3.71. The molecule has 1 aliphatic heterocycles. The van der Waals surface area contributed by atoms with Crippen LogP contribution in [0.5, 0.6) is 0 Å². The third-order valence-corrected chi connectivity index (χ3v) is 5.34. The highest BCUT2D eigenvalue weighted by atomic mass is 19.4. The molecule has 1 fully saturated rings. The van der Waals surface area contributed by atoms with Gasteiger partial charge in [0, 0.05) is 0 Å². The van der Waals surface area contributed by atoms with Gasteiger partial charge in [0.25, 0.3) is 0 Å². The fourth-order valence-electron chi connectivity index (χ4n) is 2.75. The number of halogens is 17. The van der Waals surface area contributed by atoms with Crippen molar-refractivity contribution < 1.29 is 83.9 Å². The van der Waals surface area contributed by atoms with Crippen LogP contribution in [0.15, 0.2) is 0 Å². The summed E-state index contributed by atoms with van der Waals surface area (Å²) in [4.78, 5) is 0. The molecule has 19 heteroatoms. The summed E-state index contributed by atoms with van der Waals surface area (Å²) in [6.45, 7) is -1.91. The zero-order chi connectivity index (χ0) is 26.9. The van der Waals surface area contributed by atoms with Crippen LogP contribution < -0.4 is 0 Å². The van der Waals surface area contributed by atoms with Crippen LogP contribution in [0.1, 0.15) is 6.92 Å². The van der Waals surface area contributed by atoms with Crippen molar-refractivity contribution in [2.75, 3.05) is 26.9 Å². The maximum atomic E-state index is 14.2.